The minimum Gasteiger partial charge on any atom is -0.462 e. The molecule has 0 aliphatic rings. The van der Waals surface area contributed by atoms with Crippen molar-refractivity contribution >= 4 is 33.7 Å². The molecule has 0 rings (SSSR count). The summed E-state index contributed by atoms with van der Waals surface area (Å²) in [6.45, 7) is 1.97. The van der Waals surface area contributed by atoms with Crippen molar-refractivity contribution in [2.45, 2.75) is 6.92 Å². The average Bonchev–Trinajstić information content (AvgIpc) is 2.06. The third kappa shape index (κ3) is 3.28. The van der Waals surface area contributed by atoms with Crippen LogP contribution in [0.4, 0.5) is 0 Å². The zero-order valence-electron chi connectivity index (χ0n) is 6.76. The van der Waals surface area contributed by atoms with Gasteiger partial charge < -0.3 is 4.74 Å². The zero-order chi connectivity index (χ0) is 9.56. The molecule has 0 spiro atoms. The van der Waals surface area contributed by atoms with Crippen LogP contribution in [0.5, 0.6) is 0 Å². The Balaban J connectivity index is 4.59. The van der Waals surface area contributed by atoms with Gasteiger partial charge >= 0.3 is 5.97 Å². The monoisotopic (exact) mass is 249 g/mol. The van der Waals surface area contributed by atoms with Crippen LogP contribution in [-0.4, -0.2) is 18.8 Å². The number of carbonyl (C=O) groups excluding carboxylic acids is 1. The van der Waals surface area contributed by atoms with E-state index in [1.807, 2.05) is 0 Å². The van der Waals surface area contributed by atoms with Crippen molar-refractivity contribution in [2.24, 2.45) is 0 Å². The van der Waals surface area contributed by atoms with E-state index >= 15 is 0 Å². The van der Waals surface area contributed by atoms with Gasteiger partial charge in [-0.15, -0.1) is 11.8 Å². The Morgan fingerprint density at radius 1 is 1.75 bits per heavy atom. The van der Waals surface area contributed by atoms with Gasteiger partial charge in [0, 0.05) is 0 Å². The van der Waals surface area contributed by atoms with Crippen LogP contribution >= 0.6 is 27.7 Å². The number of halogens is 1. The summed E-state index contributed by atoms with van der Waals surface area (Å²) in [7, 11) is 0. The molecule has 0 N–H and O–H groups in total. The fourth-order valence-corrected chi connectivity index (χ4v) is 1.06. The van der Waals surface area contributed by atoms with Crippen LogP contribution in [-0.2, 0) is 9.53 Å². The Morgan fingerprint density at radius 2 is 2.33 bits per heavy atom. The first-order valence-electron chi connectivity index (χ1n) is 3.18. The minimum atomic E-state index is -0.582. The predicted molar refractivity (Wildman–Crippen MR) is 51.7 cm³/mol. The normalized spacial score (nSPS) is 11.5. The lowest BCUT2D eigenvalue weighted by molar-refractivity contribution is -0.138. The fraction of sp³-hybridized carbons (Fsp3) is 0.429. The standard InChI is InChI=1S/C7H8BrNO2S/c1-3-11-7(10)5(4-9)6(8)12-2/h3H2,1-2H3/b6-5-. The highest BCUT2D eigenvalue weighted by Gasteiger charge is 2.13. The molecule has 0 radical (unpaired) electrons. The van der Waals surface area contributed by atoms with Crippen LogP contribution in [0.25, 0.3) is 0 Å². The maximum absolute atomic E-state index is 11.0. The average molecular weight is 250 g/mol. The highest BCUT2D eigenvalue weighted by atomic mass is 79.9. The molecule has 0 aromatic carbocycles. The second-order valence-corrected chi connectivity index (χ2v) is 3.82. The maximum Gasteiger partial charge on any atom is 0.350 e. The van der Waals surface area contributed by atoms with Crippen LogP contribution in [0.15, 0.2) is 9.39 Å². The third-order valence-electron chi connectivity index (χ3n) is 0.967. The van der Waals surface area contributed by atoms with Gasteiger partial charge in [-0.05, 0) is 29.1 Å². The Hall–Kier alpha value is -0.470. The Morgan fingerprint density at radius 3 is 2.67 bits per heavy atom. The van der Waals surface area contributed by atoms with Gasteiger partial charge in [0.25, 0.3) is 0 Å². The van der Waals surface area contributed by atoms with Crippen molar-refractivity contribution in [3.05, 3.63) is 9.39 Å². The number of esters is 1. The SMILES string of the molecule is CCOC(=O)/C(C#N)=C(/Br)SC. The summed E-state index contributed by atoms with van der Waals surface area (Å²) in [6, 6.07) is 1.77. The van der Waals surface area contributed by atoms with Crippen molar-refractivity contribution in [3.63, 3.8) is 0 Å². The number of carbonyl (C=O) groups is 1. The van der Waals surface area contributed by atoms with Crippen LogP contribution in [0.3, 0.4) is 0 Å². The van der Waals surface area contributed by atoms with Crippen molar-refractivity contribution < 1.29 is 9.53 Å². The van der Waals surface area contributed by atoms with E-state index in [4.69, 9.17) is 5.26 Å². The van der Waals surface area contributed by atoms with Crippen molar-refractivity contribution in [1.82, 2.24) is 0 Å². The highest BCUT2D eigenvalue weighted by Crippen LogP contribution is 2.23. The molecule has 0 aliphatic heterocycles. The van der Waals surface area contributed by atoms with Gasteiger partial charge in [-0.3, -0.25) is 0 Å². The van der Waals surface area contributed by atoms with Crippen LogP contribution in [0.2, 0.25) is 0 Å². The lowest BCUT2D eigenvalue weighted by Crippen LogP contribution is -2.06. The molecular weight excluding hydrogens is 242 g/mol. The predicted octanol–water partition coefficient (Wildman–Crippen LogP) is 2.04. The fourth-order valence-electron chi connectivity index (χ4n) is 0.475. The highest BCUT2D eigenvalue weighted by molar-refractivity contribution is 9.14. The Bertz CT molecular complexity index is 244. The van der Waals surface area contributed by atoms with E-state index in [-0.39, 0.29) is 12.2 Å². The van der Waals surface area contributed by atoms with E-state index in [0.717, 1.165) is 0 Å². The molecule has 66 valence electrons. The van der Waals surface area contributed by atoms with Crippen molar-refractivity contribution in [1.29, 1.82) is 5.26 Å². The molecule has 0 fully saturated rings. The summed E-state index contributed by atoms with van der Waals surface area (Å²) in [5.74, 6) is -0.582. The van der Waals surface area contributed by atoms with Gasteiger partial charge in [-0.2, -0.15) is 5.26 Å². The summed E-state index contributed by atoms with van der Waals surface area (Å²) in [5, 5.41) is 8.57. The zero-order valence-corrected chi connectivity index (χ0v) is 9.16. The summed E-state index contributed by atoms with van der Waals surface area (Å²) in [6.07, 6.45) is 1.76. The van der Waals surface area contributed by atoms with Gasteiger partial charge in [-0.1, -0.05) is 0 Å². The molecular formula is C7H8BrNO2S. The number of rotatable bonds is 3. The molecule has 0 heterocycles. The summed E-state index contributed by atoms with van der Waals surface area (Å²) < 4.78 is 5.16. The van der Waals surface area contributed by atoms with Crippen LogP contribution in [0, 0.1) is 11.3 Å². The molecule has 5 heteroatoms. The van der Waals surface area contributed by atoms with Crippen LogP contribution in [0.1, 0.15) is 6.92 Å². The van der Waals surface area contributed by atoms with Gasteiger partial charge in [0.05, 0.1) is 10.4 Å². The van der Waals surface area contributed by atoms with E-state index in [0.29, 0.717) is 3.81 Å². The molecule has 0 atom stereocenters. The van der Waals surface area contributed by atoms with Gasteiger partial charge in [0.1, 0.15) is 6.07 Å². The third-order valence-corrected chi connectivity index (χ3v) is 2.90. The Kier molecular flexibility index (Phi) is 5.85. The van der Waals surface area contributed by atoms with Crippen molar-refractivity contribution in [3.8, 4) is 6.07 Å². The Labute approximate surface area is 83.9 Å². The molecule has 0 bridgehead atoms. The molecule has 0 unspecified atom stereocenters. The van der Waals surface area contributed by atoms with E-state index < -0.39 is 5.97 Å². The first-order chi connectivity index (χ1) is 5.67. The molecule has 12 heavy (non-hydrogen) atoms. The topological polar surface area (TPSA) is 50.1 Å². The number of nitriles is 1. The van der Waals surface area contributed by atoms with Gasteiger partial charge in [0.15, 0.2) is 5.57 Å². The molecule has 0 saturated heterocycles. The number of nitrogens with zero attached hydrogens (tertiary/aromatic N) is 1. The molecule has 3 nitrogen and oxygen atoms in total. The first kappa shape index (κ1) is 11.5. The van der Waals surface area contributed by atoms with E-state index in [2.05, 4.69) is 20.7 Å². The van der Waals surface area contributed by atoms with Crippen LogP contribution < -0.4 is 0 Å². The van der Waals surface area contributed by atoms with Gasteiger partial charge in [0.2, 0.25) is 0 Å². The van der Waals surface area contributed by atoms with E-state index in [1.54, 1.807) is 19.2 Å². The molecule has 0 amide bonds. The largest absolute Gasteiger partial charge is 0.462 e. The summed E-state index contributed by atoms with van der Waals surface area (Å²) in [4.78, 5) is 11.0. The van der Waals surface area contributed by atoms with E-state index in [9.17, 15) is 4.79 Å². The van der Waals surface area contributed by atoms with Gasteiger partial charge in [-0.25, -0.2) is 4.79 Å². The quantitative estimate of drug-likeness (QED) is 0.437. The molecule has 0 aromatic heterocycles. The van der Waals surface area contributed by atoms with Crippen molar-refractivity contribution in [2.75, 3.05) is 12.9 Å². The maximum atomic E-state index is 11.0. The lowest BCUT2D eigenvalue weighted by Gasteiger charge is -2.00. The summed E-state index contributed by atoms with van der Waals surface area (Å²) in [5.41, 5.74) is 0.0179. The molecule has 0 aromatic rings. The summed E-state index contributed by atoms with van der Waals surface area (Å²) >= 11 is 4.38. The number of ether oxygens (including phenoxy) is 1. The second-order valence-electron chi connectivity index (χ2n) is 1.69. The minimum absolute atomic E-state index is 0.0179. The number of hydrogen-bond acceptors (Lipinski definition) is 4. The van der Waals surface area contributed by atoms with E-state index in [1.165, 1.54) is 11.8 Å². The smallest absolute Gasteiger partial charge is 0.350 e. The second kappa shape index (κ2) is 6.09. The molecule has 0 aliphatic carbocycles. The number of thioether (sulfide) groups is 1. The lowest BCUT2D eigenvalue weighted by atomic mass is 10.3. The molecule has 0 saturated carbocycles. The number of hydrogen-bond donors (Lipinski definition) is 0. The first-order valence-corrected chi connectivity index (χ1v) is 5.20.